The number of halogens is 1. The van der Waals surface area contributed by atoms with Gasteiger partial charge in [0.2, 0.25) is 0 Å². The number of hydrogen-bond donors (Lipinski definition) is 2. The van der Waals surface area contributed by atoms with Crippen LogP contribution in [0.15, 0.2) is 36.5 Å². The molecule has 0 radical (unpaired) electrons. The van der Waals surface area contributed by atoms with Crippen molar-refractivity contribution in [3.05, 3.63) is 53.6 Å². The number of ether oxygens (including phenoxy) is 1. The quantitative estimate of drug-likeness (QED) is 0.769. The first kappa shape index (κ1) is 15.3. The summed E-state index contributed by atoms with van der Waals surface area (Å²) in [6, 6.07) is 8.11. The van der Waals surface area contributed by atoms with Crippen molar-refractivity contribution in [1.82, 2.24) is 20.3 Å². The number of methoxy groups -OCH3 is 1. The van der Waals surface area contributed by atoms with Gasteiger partial charge in [-0.05, 0) is 30.3 Å². The highest BCUT2D eigenvalue weighted by Gasteiger charge is 2.20. The summed E-state index contributed by atoms with van der Waals surface area (Å²) in [6.07, 6.45) is 2.36. The maximum atomic E-state index is 13.9. The molecule has 0 saturated heterocycles. The van der Waals surface area contributed by atoms with Gasteiger partial charge >= 0.3 is 0 Å². The molecule has 2 aromatic heterocycles. The zero-order chi connectivity index (χ0) is 17.4. The lowest BCUT2D eigenvalue weighted by Crippen LogP contribution is -2.31. The van der Waals surface area contributed by atoms with Crippen LogP contribution in [0.4, 0.5) is 4.39 Å². The average molecular weight is 338 g/mol. The van der Waals surface area contributed by atoms with E-state index in [9.17, 15) is 9.18 Å². The SMILES string of the molecule is COc1ccc(-c2nccc(-c3cc4c([nH]3)CCNC4=O)n2)cc1F. The van der Waals surface area contributed by atoms with Crippen LogP contribution in [0.3, 0.4) is 0 Å². The van der Waals surface area contributed by atoms with Gasteiger partial charge in [-0.2, -0.15) is 0 Å². The molecule has 126 valence electrons. The molecular weight excluding hydrogens is 323 g/mol. The Hall–Kier alpha value is -3.22. The van der Waals surface area contributed by atoms with E-state index in [2.05, 4.69) is 20.3 Å². The minimum atomic E-state index is -0.471. The molecule has 1 amide bonds. The fraction of sp³-hybridized carbons (Fsp3) is 0.167. The van der Waals surface area contributed by atoms with Gasteiger partial charge in [0.25, 0.3) is 5.91 Å². The number of carbonyl (C=O) groups excluding carboxylic acids is 1. The number of nitrogens with zero attached hydrogens (tertiary/aromatic N) is 2. The van der Waals surface area contributed by atoms with Crippen LogP contribution in [0.1, 0.15) is 16.1 Å². The van der Waals surface area contributed by atoms with Gasteiger partial charge in [0, 0.05) is 30.4 Å². The molecular formula is C18H15FN4O2. The highest BCUT2D eigenvalue weighted by Crippen LogP contribution is 2.26. The number of hydrogen-bond acceptors (Lipinski definition) is 4. The molecule has 4 rings (SSSR count). The molecule has 3 aromatic rings. The molecule has 0 atom stereocenters. The van der Waals surface area contributed by atoms with E-state index < -0.39 is 5.82 Å². The first-order chi connectivity index (χ1) is 12.2. The molecule has 0 saturated carbocycles. The smallest absolute Gasteiger partial charge is 0.253 e. The lowest BCUT2D eigenvalue weighted by molar-refractivity contribution is 0.0946. The van der Waals surface area contributed by atoms with Gasteiger partial charge in [-0.25, -0.2) is 14.4 Å². The Balaban J connectivity index is 1.73. The summed E-state index contributed by atoms with van der Waals surface area (Å²) in [5.74, 6) is 0.00954. The van der Waals surface area contributed by atoms with Crippen molar-refractivity contribution >= 4 is 5.91 Å². The zero-order valence-corrected chi connectivity index (χ0v) is 13.5. The van der Waals surface area contributed by atoms with Crippen LogP contribution in [0.2, 0.25) is 0 Å². The first-order valence-electron chi connectivity index (χ1n) is 7.83. The van der Waals surface area contributed by atoms with Crippen molar-refractivity contribution in [3.63, 3.8) is 0 Å². The molecule has 6 nitrogen and oxygen atoms in total. The van der Waals surface area contributed by atoms with Crippen molar-refractivity contribution in [3.8, 4) is 28.5 Å². The van der Waals surface area contributed by atoms with Gasteiger partial charge in [0.1, 0.15) is 0 Å². The maximum absolute atomic E-state index is 13.9. The number of aromatic amines is 1. The third-order valence-corrected chi connectivity index (χ3v) is 4.15. The van der Waals surface area contributed by atoms with Crippen LogP contribution in [0, 0.1) is 5.82 Å². The number of rotatable bonds is 3. The molecule has 0 spiro atoms. The van der Waals surface area contributed by atoms with E-state index in [0.717, 1.165) is 17.8 Å². The average Bonchev–Trinajstić information content (AvgIpc) is 3.07. The van der Waals surface area contributed by atoms with Crippen LogP contribution < -0.4 is 10.1 Å². The number of benzene rings is 1. The number of H-pyrrole nitrogens is 1. The number of amides is 1. The molecule has 3 heterocycles. The van der Waals surface area contributed by atoms with E-state index in [1.165, 1.54) is 13.2 Å². The third kappa shape index (κ3) is 2.73. The molecule has 2 N–H and O–H groups in total. The Morgan fingerprint density at radius 3 is 2.88 bits per heavy atom. The fourth-order valence-corrected chi connectivity index (χ4v) is 2.88. The number of carbonyl (C=O) groups is 1. The van der Waals surface area contributed by atoms with E-state index in [-0.39, 0.29) is 11.7 Å². The highest BCUT2D eigenvalue weighted by molar-refractivity contribution is 5.97. The molecule has 25 heavy (non-hydrogen) atoms. The lowest BCUT2D eigenvalue weighted by atomic mass is 10.1. The largest absolute Gasteiger partial charge is 0.494 e. The predicted molar refractivity (Wildman–Crippen MR) is 89.8 cm³/mol. The molecule has 1 aromatic carbocycles. The second-order valence-electron chi connectivity index (χ2n) is 5.70. The summed E-state index contributed by atoms with van der Waals surface area (Å²) in [7, 11) is 1.42. The van der Waals surface area contributed by atoms with Crippen LogP contribution in [-0.4, -0.2) is 34.5 Å². The molecule has 0 bridgehead atoms. The lowest BCUT2D eigenvalue weighted by Gasteiger charge is -2.10. The van der Waals surface area contributed by atoms with Crippen molar-refractivity contribution in [2.75, 3.05) is 13.7 Å². The number of nitrogens with one attached hydrogen (secondary N) is 2. The van der Waals surface area contributed by atoms with Crippen LogP contribution in [0.25, 0.3) is 22.8 Å². The molecule has 1 aliphatic heterocycles. The van der Waals surface area contributed by atoms with Crippen molar-refractivity contribution in [1.29, 1.82) is 0 Å². The standard InChI is InChI=1S/C18H15FN4O2/c1-25-16-3-2-10(8-12(16)19)17-20-6-5-14(23-17)15-9-11-13(22-15)4-7-21-18(11)24/h2-3,5-6,8-9,22H,4,7H2,1H3,(H,21,24). The summed E-state index contributed by atoms with van der Waals surface area (Å²) in [4.78, 5) is 23.9. The molecule has 7 heteroatoms. The molecule has 0 aliphatic carbocycles. The fourth-order valence-electron chi connectivity index (χ4n) is 2.88. The highest BCUT2D eigenvalue weighted by atomic mass is 19.1. The normalized spacial score (nSPS) is 13.3. The summed E-state index contributed by atoms with van der Waals surface area (Å²) >= 11 is 0. The number of aromatic nitrogens is 3. The van der Waals surface area contributed by atoms with E-state index in [1.54, 1.807) is 30.5 Å². The third-order valence-electron chi connectivity index (χ3n) is 4.15. The second-order valence-corrected chi connectivity index (χ2v) is 5.70. The predicted octanol–water partition coefficient (Wildman–Crippen LogP) is 2.57. The maximum Gasteiger partial charge on any atom is 0.253 e. The van der Waals surface area contributed by atoms with Gasteiger partial charge in [0.15, 0.2) is 17.4 Å². The topological polar surface area (TPSA) is 79.9 Å². The Morgan fingerprint density at radius 2 is 2.12 bits per heavy atom. The van der Waals surface area contributed by atoms with E-state index in [0.29, 0.717) is 29.2 Å². The van der Waals surface area contributed by atoms with Crippen LogP contribution in [0.5, 0.6) is 5.75 Å². The van der Waals surface area contributed by atoms with Crippen molar-refractivity contribution < 1.29 is 13.9 Å². The molecule has 0 unspecified atom stereocenters. The molecule has 1 aliphatic rings. The Labute approximate surface area is 143 Å². The van der Waals surface area contributed by atoms with E-state index >= 15 is 0 Å². The second kappa shape index (κ2) is 6.01. The Morgan fingerprint density at radius 1 is 1.24 bits per heavy atom. The first-order valence-corrected chi connectivity index (χ1v) is 7.83. The summed E-state index contributed by atoms with van der Waals surface area (Å²) in [5.41, 5.74) is 3.46. The zero-order valence-electron chi connectivity index (χ0n) is 13.5. The minimum Gasteiger partial charge on any atom is -0.494 e. The van der Waals surface area contributed by atoms with Gasteiger partial charge in [-0.3, -0.25) is 4.79 Å². The number of fused-ring (bicyclic) bond motifs is 1. The van der Waals surface area contributed by atoms with Crippen LogP contribution >= 0.6 is 0 Å². The summed E-state index contributed by atoms with van der Waals surface area (Å²) in [6.45, 7) is 0.617. The van der Waals surface area contributed by atoms with Crippen molar-refractivity contribution in [2.24, 2.45) is 0 Å². The van der Waals surface area contributed by atoms with Crippen LogP contribution in [-0.2, 0) is 6.42 Å². The Kier molecular flexibility index (Phi) is 3.68. The van der Waals surface area contributed by atoms with E-state index in [1.807, 2.05) is 0 Å². The summed E-state index contributed by atoms with van der Waals surface area (Å²) < 4.78 is 18.9. The van der Waals surface area contributed by atoms with Crippen molar-refractivity contribution in [2.45, 2.75) is 6.42 Å². The Bertz CT molecular complexity index is 967. The van der Waals surface area contributed by atoms with Gasteiger partial charge in [-0.15, -0.1) is 0 Å². The van der Waals surface area contributed by atoms with Gasteiger partial charge in [0.05, 0.1) is 24.1 Å². The van der Waals surface area contributed by atoms with Gasteiger partial charge < -0.3 is 15.0 Å². The minimum absolute atomic E-state index is 0.0877. The van der Waals surface area contributed by atoms with E-state index in [4.69, 9.17) is 4.74 Å². The van der Waals surface area contributed by atoms with Gasteiger partial charge in [-0.1, -0.05) is 0 Å². The summed E-state index contributed by atoms with van der Waals surface area (Å²) in [5, 5.41) is 2.81. The monoisotopic (exact) mass is 338 g/mol. The molecule has 0 fully saturated rings.